The van der Waals surface area contributed by atoms with Crippen LogP contribution in [0.1, 0.15) is 36.9 Å². The first-order valence-corrected chi connectivity index (χ1v) is 6.58. The summed E-state index contributed by atoms with van der Waals surface area (Å²) < 4.78 is 10.5. The Balaban J connectivity index is 1.63. The lowest BCUT2D eigenvalue weighted by molar-refractivity contribution is -0.140. The van der Waals surface area contributed by atoms with E-state index in [1.807, 2.05) is 0 Å². The van der Waals surface area contributed by atoms with E-state index in [-0.39, 0.29) is 12.5 Å². The van der Waals surface area contributed by atoms with Crippen LogP contribution in [0.2, 0.25) is 0 Å². The van der Waals surface area contributed by atoms with Crippen LogP contribution in [-0.4, -0.2) is 51.9 Å². The van der Waals surface area contributed by atoms with Gasteiger partial charge in [-0.15, -0.1) is 0 Å². The first-order valence-electron chi connectivity index (χ1n) is 6.58. The van der Waals surface area contributed by atoms with Crippen LogP contribution in [0.5, 0.6) is 0 Å². The second-order valence-electron chi connectivity index (χ2n) is 5.12. The van der Waals surface area contributed by atoms with E-state index in [1.54, 1.807) is 0 Å². The molecule has 0 amide bonds. The van der Waals surface area contributed by atoms with Gasteiger partial charge in [0.2, 0.25) is 5.89 Å². The van der Waals surface area contributed by atoms with E-state index in [2.05, 4.69) is 15.0 Å². The van der Waals surface area contributed by atoms with Crippen molar-refractivity contribution < 1.29 is 19.2 Å². The Bertz CT molecular complexity index is 458. The smallest absolute Gasteiger partial charge is 0.305 e. The lowest BCUT2D eigenvalue weighted by Crippen LogP contribution is -2.46. The molecule has 0 spiro atoms. The van der Waals surface area contributed by atoms with Gasteiger partial charge in [0, 0.05) is 18.5 Å². The number of carboxylic acid groups (broad SMARTS) is 1. The summed E-state index contributed by atoms with van der Waals surface area (Å²) in [6.07, 6.45) is 2.33. The van der Waals surface area contributed by atoms with Gasteiger partial charge in [0.25, 0.3) is 0 Å². The van der Waals surface area contributed by atoms with Crippen molar-refractivity contribution in [2.24, 2.45) is 0 Å². The number of ether oxygens (including phenoxy) is 1. The molecule has 1 aliphatic carbocycles. The molecule has 19 heavy (non-hydrogen) atoms. The average molecular weight is 267 g/mol. The van der Waals surface area contributed by atoms with Crippen LogP contribution >= 0.6 is 0 Å². The van der Waals surface area contributed by atoms with Gasteiger partial charge in [-0.1, -0.05) is 5.16 Å². The molecule has 2 fully saturated rings. The molecular formula is C12H17N3O4. The molecule has 3 rings (SSSR count). The van der Waals surface area contributed by atoms with E-state index in [4.69, 9.17) is 14.4 Å². The Morgan fingerprint density at radius 2 is 2.32 bits per heavy atom. The highest BCUT2D eigenvalue weighted by molar-refractivity contribution is 5.67. The Kier molecular flexibility index (Phi) is 3.48. The number of carbonyl (C=O) groups is 1. The van der Waals surface area contributed by atoms with E-state index < -0.39 is 5.97 Å². The molecule has 0 aromatic carbocycles. The van der Waals surface area contributed by atoms with E-state index in [0.29, 0.717) is 38.0 Å². The van der Waals surface area contributed by atoms with Crippen LogP contribution in [0.25, 0.3) is 0 Å². The van der Waals surface area contributed by atoms with Crippen molar-refractivity contribution in [3.8, 4) is 0 Å². The zero-order valence-electron chi connectivity index (χ0n) is 10.6. The van der Waals surface area contributed by atoms with Crippen molar-refractivity contribution >= 4 is 5.97 Å². The van der Waals surface area contributed by atoms with Gasteiger partial charge in [-0.05, 0) is 12.8 Å². The Hall–Kier alpha value is -1.47. The zero-order chi connectivity index (χ0) is 13.2. The van der Waals surface area contributed by atoms with Gasteiger partial charge < -0.3 is 14.4 Å². The SMILES string of the molecule is O=C(O)CC1COCCN1Cc1noc(C2CC2)n1. The number of hydrogen-bond acceptors (Lipinski definition) is 6. The lowest BCUT2D eigenvalue weighted by atomic mass is 10.1. The van der Waals surface area contributed by atoms with E-state index in [0.717, 1.165) is 18.7 Å². The van der Waals surface area contributed by atoms with Crippen LogP contribution in [0.15, 0.2) is 4.52 Å². The molecule has 1 N–H and O–H groups in total. The van der Waals surface area contributed by atoms with Gasteiger partial charge in [0.15, 0.2) is 5.82 Å². The summed E-state index contributed by atoms with van der Waals surface area (Å²) in [5, 5.41) is 12.9. The largest absolute Gasteiger partial charge is 0.481 e. The molecule has 1 aliphatic heterocycles. The summed E-state index contributed by atoms with van der Waals surface area (Å²) >= 11 is 0. The van der Waals surface area contributed by atoms with Crippen molar-refractivity contribution in [3.05, 3.63) is 11.7 Å². The maximum Gasteiger partial charge on any atom is 0.305 e. The van der Waals surface area contributed by atoms with Crippen LogP contribution in [0, 0.1) is 0 Å². The van der Waals surface area contributed by atoms with E-state index >= 15 is 0 Å². The summed E-state index contributed by atoms with van der Waals surface area (Å²) in [5.74, 6) is 0.991. The van der Waals surface area contributed by atoms with Gasteiger partial charge in [-0.25, -0.2) is 0 Å². The van der Waals surface area contributed by atoms with Crippen molar-refractivity contribution in [3.63, 3.8) is 0 Å². The van der Waals surface area contributed by atoms with E-state index in [1.165, 1.54) is 0 Å². The summed E-state index contributed by atoms with van der Waals surface area (Å²) in [7, 11) is 0. The van der Waals surface area contributed by atoms with Crippen LogP contribution in [0.4, 0.5) is 0 Å². The molecule has 1 aromatic heterocycles. The van der Waals surface area contributed by atoms with Crippen LogP contribution < -0.4 is 0 Å². The highest BCUT2D eigenvalue weighted by Crippen LogP contribution is 2.38. The molecule has 1 unspecified atom stereocenters. The number of carboxylic acids is 1. The predicted molar refractivity (Wildman–Crippen MR) is 63.5 cm³/mol. The molecule has 0 radical (unpaired) electrons. The van der Waals surface area contributed by atoms with Crippen LogP contribution in [0.3, 0.4) is 0 Å². The first-order chi connectivity index (χ1) is 9.22. The summed E-state index contributed by atoms with van der Waals surface area (Å²) in [6.45, 7) is 2.28. The normalized spacial score (nSPS) is 24.5. The van der Waals surface area contributed by atoms with Crippen molar-refractivity contribution in [1.29, 1.82) is 0 Å². The second kappa shape index (κ2) is 5.26. The number of aliphatic carboxylic acids is 1. The molecule has 1 saturated heterocycles. The highest BCUT2D eigenvalue weighted by atomic mass is 16.5. The minimum absolute atomic E-state index is 0.0767. The van der Waals surface area contributed by atoms with Crippen molar-refractivity contribution in [2.45, 2.75) is 37.8 Å². The number of hydrogen-bond donors (Lipinski definition) is 1. The highest BCUT2D eigenvalue weighted by Gasteiger charge is 2.31. The summed E-state index contributed by atoms with van der Waals surface area (Å²) in [5.41, 5.74) is 0. The van der Waals surface area contributed by atoms with Gasteiger partial charge in [-0.3, -0.25) is 9.69 Å². The molecule has 2 aliphatic rings. The Morgan fingerprint density at radius 3 is 3.05 bits per heavy atom. The molecule has 0 bridgehead atoms. The third kappa shape index (κ3) is 3.10. The number of nitrogens with zero attached hydrogens (tertiary/aromatic N) is 3. The molecule has 1 atom stereocenters. The third-order valence-corrected chi connectivity index (χ3v) is 3.51. The lowest BCUT2D eigenvalue weighted by Gasteiger charge is -2.33. The minimum atomic E-state index is -0.813. The molecule has 104 valence electrons. The quantitative estimate of drug-likeness (QED) is 0.836. The first kappa shape index (κ1) is 12.6. The third-order valence-electron chi connectivity index (χ3n) is 3.51. The molecule has 7 nitrogen and oxygen atoms in total. The fourth-order valence-electron chi connectivity index (χ4n) is 2.30. The van der Waals surface area contributed by atoms with Crippen LogP contribution in [-0.2, 0) is 16.1 Å². The Labute approximate surface area is 110 Å². The number of rotatable bonds is 5. The molecule has 1 saturated carbocycles. The van der Waals surface area contributed by atoms with Gasteiger partial charge in [0.05, 0.1) is 26.2 Å². The monoisotopic (exact) mass is 267 g/mol. The van der Waals surface area contributed by atoms with Gasteiger partial charge in [-0.2, -0.15) is 4.98 Å². The maximum absolute atomic E-state index is 10.8. The van der Waals surface area contributed by atoms with Crippen molar-refractivity contribution in [1.82, 2.24) is 15.0 Å². The standard InChI is InChI=1S/C12H17N3O4/c16-11(17)5-9-7-18-4-3-15(9)6-10-13-12(19-14-10)8-1-2-8/h8-9H,1-7H2,(H,16,17). The molecule has 1 aromatic rings. The predicted octanol–water partition coefficient (Wildman–Crippen LogP) is 0.622. The molecular weight excluding hydrogens is 250 g/mol. The summed E-state index contributed by atoms with van der Waals surface area (Å²) in [4.78, 5) is 17.3. The fourth-order valence-corrected chi connectivity index (χ4v) is 2.30. The number of morpholine rings is 1. The zero-order valence-corrected chi connectivity index (χ0v) is 10.6. The maximum atomic E-state index is 10.8. The van der Waals surface area contributed by atoms with Crippen molar-refractivity contribution in [2.75, 3.05) is 19.8 Å². The molecule has 7 heteroatoms. The summed E-state index contributed by atoms with van der Waals surface area (Å²) in [6, 6.07) is -0.117. The average Bonchev–Trinajstić information content (AvgIpc) is 3.12. The van der Waals surface area contributed by atoms with Gasteiger partial charge >= 0.3 is 5.97 Å². The van der Waals surface area contributed by atoms with Gasteiger partial charge in [0.1, 0.15) is 0 Å². The van der Waals surface area contributed by atoms with E-state index in [9.17, 15) is 4.79 Å². The minimum Gasteiger partial charge on any atom is -0.481 e. The Morgan fingerprint density at radius 1 is 1.47 bits per heavy atom. The fraction of sp³-hybridized carbons (Fsp3) is 0.750. The molecule has 2 heterocycles. The topological polar surface area (TPSA) is 88.7 Å². The number of aromatic nitrogens is 2. The second-order valence-corrected chi connectivity index (χ2v) is 5.12.